The van der Waals surface area contributed by atoms with Gasteiger partial charge >= 0.3 is 0 Å². The molecule has 0 aliphatic heterocycles. The number of ether oxygens (including phenoxy) is 2. The Morgan fingerprint density at radius 3 is 2.71 bits per heavy atom. The summed E-state index contributed by atoms with van der Waals surface area (Å²) in [6.07, 6.45) is 5.24. The fourth-order valence-corrected chi connectivity index (χ4v) is 3.55. The molecule has 2 aromatic heterocycles. The molecule has 34 heavy (non-hydrogen) atoms. The van der Waals surface area contributed by atoms with Crippen LogP contribution in [0.3, 0.4) is 0 Å². The van der Waals surface area contributed by atoms with E-state index in [2.05, 4.69) is 21.9 Å². The summed E-state index contributed by atoms with van der Waals surface area (Å²) in [7, 11) is 0. The van der Waals surface area contributed by atoms with Gasteiger partial charge in [0.05, 0.1) is 17.3 Å². The van der Waals surface area contributed by atoms with E-state index < -0.39 is 0 Å². The van der Waals surface area contributed by atoms with Crippen LogP contribution in [0, 0.1) is 0 Å². The molecule has 0 bridgehead atoms. The van der Waals surface area contributed by atoms with E-state index in [0.717, 1.165) is 31.2 Å². The molecule has 1 aromatic carbocycles. The number of aromatic nitrogens is 3. The molecule has 0 unspecified atom stereocenters. The van der Waals surface area contributed by atoms with Gasteiger partial charge in [0.15, 0.2) is 0 Å². The Labute approximate surface area is 203 Å². The normalized spacial score (nSPS) is 10.9. The molecular formula is C25H29ClN4O4. The minimum absolute atomic E-state index is 0.295. The standard InChI is InChI=1S/C25H29ClN4O4/c1-2-11-33-12-13-34-24-10-8-18(16-28-24)21-15-23(32)30-25(29-21)19-14-17(7-9-20(19)26)5-3-4-6-22(27)31/h7-10,14-16H,2-6,11-13H2,1H3,(H2,27,31)(H,29,30,32). The molecule has 0 atom stereocenters. The molecule has 3 N–H and O–H groups in total. The Balaban J connectivity index is 1.74. The van der Waals surface area contributed by atoms with Crippen molar-refractivity contribution in [3.63, 3.8) is 0 Å². The van der Waals surface area contributed by atoms with Crippen molar-refractivity contribution in [2.75, 3.05) is 19.8 Å². The first-order chi connectivity index (χ1) is 16.5. The molecule has 3 aromatic rings. The van der Waals surface area contributed by atoms with Gasteiger partial charge in [-0.25, -0.2) is 9.97 Å². The number of H-pyrrole nitrogens is 1. The number of hydrogen-bond donors (Lipinski definition) is 2. The second-order valence-corrected chi connectivity index (χ2v) is 8.22. The van der Waals surface area contributed by atoms with E-state index in [4.69, 9.17) is 26.8 Å². The van der Waals surface area contributed by atoms with Crippen LogP contribution in [0.1, 0.15) is 38.2 Å². The number of nitrogens with two attached hydrogens (primary N) is 1. The fourth-order valence-electron chi connectivity index (χ4n) is 3.34. The van der Waals surface area contributed by atoms with E-state index in [1.54, 1.807) is 24.4 Å². The Morgan fingerprint density at radius 2 is 1.97 bits per heavy atom. The van der Waals surface area contributed by atoms with Crippen LogP contribution < -0.4 is 16.0 Å². The van der Waals surface area contributed by atoms with Gasteiger partial charge in [-0.15, -0.1) is 0 Å². The third kappa shape index (κ3) is 7.67. The first-order valence-electron chi connectivity index (χ1n) is 11.3. The SMILES string of the molecule is CCCOCCOc1ccc(-c2cc(=O)[nH]c(-c3cc(CCCCC(N)=O)ccc3Cl)n2)cn1. The van der Waals surface area contributed by atoms with E-state index >= 15 is 0 Å². The van der Waals surface area contributed by atoms with Crippen LogP contribution in [-0.2, 0) is 16.0 Å². The fraction of sp³-hybridized carbons (Fsp3) is 0.360. The number of rotatable bonds is 13. The molecule has 8 nitrogen and oxygen atoms in total. The lowest BCUT2D eigenvalue weighted by Crippen LogP contribution is -2.10. The van der Waals surface area contributed by atoms with Crippen LogP contribution in [0.25, 0.3) is 22.6 Å². The number of benzene rings is 1. The monoisotopic (exact) mass is 484 g/mol. The molecule has 0 aliphatic rings. The minimum atomic E-state index is -0.300. The highest BCUT2D eigenvalue weighted by Gasteiger charge is 2.11. The zero-order valence-corrected chi connectivity index (χ0v) is 19.9. The molecule has 2 heterocycles. The molecule has 9 heteroatoms. The molecule has 180 valence electrons. The molecule has 0 aliphatic carbocycles. The van der Waals surface area contributed by atoms with Gasteiger partial charge in [0, 0.05) is 42.5 Å². The molecule has 3 rings (SSSR count). The number of nitrogens with one attached hydrogen (secondary N) is 1. The van der Waals surface area contributed by atoms with Crippen LogP contribution in [0.5, 0.6) is 5.88 Å². The highest BCUT2D eigenvalue weighted by atomic mass is 35.5. The average molecular weight is 485 g/mol. The van der Waals surface area contributed by atoms with Crippen LogP contribution >= 0.6 is 11.6 Å². The van der Waals surface area contributed by atoms with E-state index in [1.807, 2.05) is 12.1 Å². The van der Waals surface area contributed by atoms with Crippen molar-refractivity contribution < 1.29 is 14.3 Å². The number of pyridine rings is 1. The predicted octanol–water partition coefficient (Wildman–Crippen LogP) is 4.16. The average Bonchev–Trinajstić information content (AvgIpc) is 2.82. The Hall–Kier alpha value is -3.23. The topological polar surface area (TPSA) is 120 Å². The molecular weight excluding hydrogens is 456 g/mol. The van der Waals surface area contributed by atoms with E-state index in [-0.39, 0.29) is 11.5 Å². The summed E-state index contributed by atoms with van der Waals surface area (Å²) in [5, 5.41) is 0.480. The summed E-state index contributed by atoms with van der Waals surface area (Å²) in [6.45, 7) is 3.67. The number of carbonyl (C=O) groups is 1. The summed E-state index contributed by atoms with van der Waals surface area (Å²) in [5.41, 5.74) is 7.73. The molecule has 0 spiro atoms. The van der Waals surface area contributed by atoms with Crippen molar-refractivity contribution in [2.45, 2.75) is 39.0 Å². The smallest absolute Gasteiger partial charge is 0.251 e. The second kappa shape index (κ2) is 12.9. The lowest BCUT2D eigenvalue weighted by molar-refractivity contribution is -0.118. The van der Waals surface area contributed by atoms with Crippen molar-refractivity contribution >= 4 is 17.5 Å². The van der Waals surface area contributed by atoms with Gasteiger partial charge in [0.2, 0.25) is 11.8 Å². The number of halogens is 1. The van der Waals surface area contributed by atoms with Crippen LogP contribution in [0.2, 0.25) is 5.02 Å². The maximum Gasteiger partial charge on any atom is 0.251 e. The third-order valence-corrected chi connectivity index (χ3v) is 5.35. The van der Waals surface area contributed by atoms with Crippen LogP contribution in [0.4, 0.5) is 0 Å². The molecule has 0 fully saturated rings. The van der Waals surface area contributed by atoms with Crippen LogP contribution in [-0.4, -0.2) is 40.7 Å². The second-order valence-electron chi connectivity index (χ2n) is 7.81. The summed E-state index contributed by atoms with van der Waals surface area (Å²) < 4.78 is 11.0. The lowest BCUT2D eigenvalue weighted by Gasteiger charge is -2.10. The van der Waals surface area contributed by atoms with E-state index in [9.17, 15) is 9.59 Å². The van der Waals surface area contributed by atoms with Gasteiger partial charge in [0.1, 0.15) is 12.4 Å². The van der Waals surface area contributed by atoms with Crippen LogP contribution in [0.15, 0.2) is 47.4 Å². The van der Waals surface area contributed by atoms with Gasteiger partial charge in [-0.2, -0.15) is 0 Å². The molecule has 0 radical (unpaired) electrons. The van der Waals surface area contributed by atoms with Crippen molar-refractivity contribution in [3.05, 3.63) is 63.5 Å². The number of hydrogen-bond acceptors (Lipinski definition) is 6. The first-order valence-corrected chi connectivity index (χ1v) is 11.7. The van der Waals surface area contributed by atoms with Gasteiger partial charge in [0.25, 0.3) is 5.56 Å². The maximum absolute atomic E-state index is 12.4. The number of primary amides is 1. The Kier molecular flexibility index (Phi) is 9.61. The summed E-state index contributed by atoms with van der Waals surface area (Å²) in [5.74, 6) is 0.548. The number of nitrogens with zero attached hydrogens (tertiary/aromatic N) is 2. The maximum atomic E-state index is 12.4. The van der Waals surface area contributed by atoms with Gasteiger partial charge in [-0.05, 0) is 49.4 Å². The van der Waals surface area contributed by atoms with E-state index in [1.165, 1.54) is 6.07 Å². The Bertz CT molecular complexity index is 1150. The number of carbonyl (C=O) groups excluding carboxylic acids is 1. The lowest BCUT2D eigenvalue weighted by atomic mass is 10.0. The summed E-state index contributed by atoms with van der Waals surface area (Å²) in [4.78, 5) is 35.0. The summed E-state index contributed by atoms with van der Waals surface area (Å²) in [6, 6.07) is 10.6. The largest absolute Gasteiger partial charge is 0.475 e. The van der Waals surface area contributed by atoms with Crippen molar-refractivity contribution in [3.8, 4) is 28.5 Å². The van der Waals surface area contributed by atoms with Crippen molar-refractivity contribution in [1.82, 2.24) is 15.0 Å². The van der Waals surface area contributed by atoms with Gasteiger partial charge in [-0.3, -0.25) is 9.59 Å². The third-order valence-electron chi connectivity index (χ3n) is 5.02. The minimum Gasteiger partial charge on any atom is -0.475 e. The highest BCUT2D eigenvalue weighted by Crippen LogP contribution is 2.28. The number of amides is 1. The number of aryl methyl sites for hydroxylation is 1. The van der Waals surface area contributed by atoms with Crippen molar-refractivity contribution in [2.24, 2.45) is 5.73 Å². The predicted molar refractivity (Wildman–Crippen MR) is 132 cm³/mol. The van der Waals surface area contributed by atoms with Gasteiger partial charge < -0.3 is 20.2 Å². The molecule has 0 saturated carbocycles. The molecule has 1 amide bonds. The number of aromatic amines is 1. The zero-order chi connectivity index (χ0) is 24.3. The summed E-state index contributed by atoms with van der Waals surface area (Å²) >= 11 is 6.42. The van der Waals surface area contributed by atoms with Crippen molar-refractivity contribution in [1.29, 1.82) is 0 Å². The zero-order valence-electron chi connectivity index (χ0n) is 19.2. The highest BCUT2D eigenvalue weighted by molar-refractivity contribution is 6.33. The first kappa shape index (κ1) is 25.4. The Morgan fingerprint density at radius 1 is 1.12 bits per heavy atom. The van der Waals surface area contributed by atoms with Gasteiger partial charge in [-0.1, -0.05) is 24.6 Å². The van der Waals surface area contributed by atoms with E-state index in [0.29, 0.717) is 59.8 Å². The quantitative estimate of drug-likeness (QED) is 0.351. The molecule has 0 saturated heterocycles. The number of unbranched alkanes of at least 4 members (excludes halogenated alkanes) is 1.